The molecule has 0 spiro atoms. The van der Waals surface area contributed by atoms with Crippen molar-refractivity contribution < 1.29 is 9.47 Å². The summed E-state index contributed by atoms with van der Waals surface area (Å²) in [5.41, 5.74) is 3.83. The normalized spacial score (nSPS) is 12.2. The van der Waals surface area contributed by atoms with Gasteiger partial charge in [-0.1, -0.05) is 17.7 Å². The van der Waals surface area contributed by atoms with Crippen molar-refractivity contribution in [3.63, 3.8) is 0 Å². The number of benzene rings is 1. The van der Waals surface area contributed by atoms with E-state index in [-0.39, 0.29) is 6.04 Å². The second-order valence-corrected chi connectivity index (χ2v) is 6.06. The number of halogens is 1. The van der Waals surface area contributed by atoms with Gasteiger partial charge in [-0.3, -0.25) is 5.84 Å². The van der Waals surface area contributed by atoms with Crippen molar-refractivity contribution in [1.29, 1.82) is 0 Å². The average molecular weight is 327 g/mol. The summed E-state index contributed by atoms with van der Waals surface area (Å²) in [4.78, 5) is 1.05. The summed E-state index contributed by atoms with van der Waals surface area (Å²) in [6, 6.07) is 9.54. The Balaban J connectivity index is 2.35. The van der Waals surface area contributed by atoms with E-state index in [1.165, 1.54) is 11.3 Å². The Kier molecular flexibility index (Phi) is 5.87. The molecule has 0 aliphatic heterocycles. The first-order valence-electron chi connectivity index (χ1n) is 6.80. The highest BCUT2D eigenvalue weighted by Gasteiger charge is 2.17. The second-order valence-electron chi connectivity index (χ2n) is 4.31. The van der Waals surface area contributed by atoms with Gasteiger partial charge in [0.05, 0.1) is 23.6 Å². The first kappa shape index (κ1) is 16.1. The Labute approximate surface area is 133 Å². The van der Waals surface area contributed by atoms with Crippen LogP contribution in [0.1, 0.15) is 30.3 Å². The van der Waals surface area contributed by atoms with Crippen LogP contribution in [0.3, 0.4) is 0 Å². The van der Waals surface area contributed by atoms with Gasteiger partial charge in [0, 0.05) is 4.88 Å². The Morgan fingerprint density at radius 1 is 1.14 bits per heavy atom. The third-order valence-corrected chi connectivity index (χ3v) is 4.24. The van der Waals surface area contributed by atoms with Crippen LogP contribution in [-0.4, -0.2) is 13.2 Å². The minimum Gasteiger partial charge on any atom is -0.490 e. The molecular weight excluding hydrogens is 308 g/mol. The largest absolute Gasteiger partial charge is 0.490 e. The summed E-state index contributed by atoms with van der Waals surface area (Å²) >= 11 is 7.50. The topological polar surface area (TPSA) is 56.5 Å². The summed E-state index contributed by atoms with van der Waals surface area (Å²) in [7, 11) is 0. The molecule has 0 aliphatic rings. The molecule has 2 aromatic rings. The van der Waals surface area contributed by atoms with Gasteiger partial charge in [0.15, 0.2) is 11.5 Å². The molecule has 1 aromatic carbocycles. The van der Waals surface area contributed by atoms with Gasteiger partial charge in [0.1, 0.15) is 0 Å². The van der Waals surface area contributed by atoms with Gasteiger partial charge in [-0.25, -0.2) is 5.43 Å². The standard InChI is InChI=1S/C15H19ClN2O2S/c1-3-19-11-6-5-10(9-12(11)20-4-2)15(18-17)13-7-8-14(16)21-13/h5-9,15,18H,3-4,17H2,1-2H3. The maximum Gasteiger partial charge on any atom is 0.161 e. The van der Waals surface area contributed by atoms with E-state index in [0.29, 0.717) is 13.2 Å². The van der Waals surface area contributed by atoms with Gasteiger partial charge >= 0.3 is 0 Å². The maximum absolute atomic E-state index is 6.00. The van der Waals surface area contributed by atoms with Crippen LogP contribution in [0.5, 0.6) is 11.5 Å². The van der Waals surface area contributed by atoms with Crippen LogP contribution in [0.2, 0.25) is 4.34 Å². The zero-order valence-electron chi connectivity index (χ0n) is 12.1. The summed E-state index contributed by atoms with van der Waals surface area (Å²) < 4.78 is 12.0. The van der Waals surface area contributed by atoms with E-state index in [0.717, 1.165) is 26.3 Å². The lowest BCUT2D eigenvalue weighted by molar-refractivity contribution is 0.287. The van der Waals surface area contributed by atoms with Gasteiger partial charge in [0.2, 0.25) is 0 Å². The molecule has 1 atom stereocenters. The molecule has 1 heterocycles. The molecule has 0 radical (unpaired) electrons. The molecule has 21 heavy (non-hydrogen) atoms. The highest BCUT2D eigenvalue weighted by atomic mass is 35.5. The van der Waals surface area contributed by atoms with Crippen molar-refractivity contribution in [3.05, 3.63) is 45.1 Å². The molecule has 0 fully saturated rings. The Hall–Kier alpha value is -1.27. The number of nitrogens with two attached hydrogens (primary N) is 1. The summed E-state index contributed by atoms with van der Waals surface area (Å²) in [5, 5.41) is 0. The first-order valence-corrected chi connectivity index (χ1v) is 7.99. The molecule has 0 amide bonds. The van der Waals surface area contributed by atoms with E-state index in [1.54, 1.807) is 0 Å². The SMILES string of the molecule is CCOc1ccc(C(NN)c2ccc(Cl)s2)cc1OCC. The first-order chi connectivity index (χ1) is 10.2. The van der Waals surface area contributed by atoms with Crippen LogP contribution in [0, 0.1) is 0 Å². The van der Waals surface area contributed by atoms with E-state index in [9.17, 15) is 0 Å². The lowest BCUT2D eigenvalue weighted by Gasteiger charge is -2.18. The van der Waals surface area contributed by atoms with Crippen LogP contribution in [0.15, 0.2) is 30.3 Å². The van der Waals surface area contributed by atoms with Crippen molar-refractivity contribution in [2.75, 3.05) is 13.2 Å². The molecule has 0 saturated heterocycles. The van der Waals surface area contributed by atoms with Gasteiger partial charge in [-0.15, -0.1) is 11.3 Å². The van der Waals surface area contributed by atoms with Crippen molar-refractivity contribution >= 4 is 22.9 Å². The minimum atomic E-state index is -0.127. The third kappa shape index (κ3) is 3.89. The molecular formula is C15H19ClN2O2S. The molecule has 0 aliphatic carbocycles. The molecule has 114 valence electrons. The molecule has 3 N–H and O–H groups in total. The third-order valence-electron chi connectivity index (χ3n) is 2.95. The number of nitrogens with one attached hydrogen (secondary N) is 1. The Morgan fingerprint density at radius 2 is 1.86 bits per heavy atom. The monoisotopic (exact) mass is 326 g/mol. The molecule has 6 heteroatoms. The number of thiophene rings is 1. The van der Waals surface area contributed by atoms with Crippen LogP contribution < -0.4 is 20.7 Å². The highest BCUT2D eigenvalue weighted by molar-refractivity contribution is 7.16. The predicted octanol–water partition coefficient (Wildman–Crippen LogP) is 3.75. The van der Waals surface area contributed by atoms with Crippen LogP contribution in [0.25, 0.3) is 0 Å². The predicted molar refractivity (Wildman–Crippen MR) is 87.3 cm³/mol. The highest BCUT2D eigenvalue weighted by Crippen LogP contribution is 2.35. The van der Waals surface area contributed by atoms with E-state index in [2.05, 4.69) is 5.43 Å². The van der Waals surface area contributed by atoms with Crippen molar-refractivity contribution in [2.45, 2.75) is 19.9 Å². The van der Waals surface area contributed by atoms with Gasteiger partial charge < -0.3 is 9.47 Å². The summed E-state index contributed by atoms with van der Waals surface area (Å²) in [6.45, 7) is 5.06. The number of ether oxygens (including phenoxy) is 2. The zero-order chi connectivity index (χ0) is 15.2. The molecule has 1 unspecified atom stereocenters. The quantitative estimate of drug-likeness (QED) is 0.601. The lowest BCUT2D eigenvalue weighted by Crippen LogP contribution is -2.28. The average Bonchev–Trinajstić information content (AvgIpc) is 2.89. The van der Waals surface area contributed by atoms with Crippen LogP contribution >= 0.6 is 22.9 Å². The fourth-order valence-corrected chi connectivity index (χ4v) is 3.22. The molecule has 0 bridgehead atoms. The minimum absolute atomic E-state index is 0.127. The fraction of sp³-hybridized carbons (Fsp3) is 0.333. The van der Waals surface area contributed by atoms with Crippen LogP contribution in [0.4, 0.5) is 0 Å². The van der Waals surface area contributed by atoms with E-state index in [4.69, 9.17) is 26.9 Å². The number of hydrazine groups is 1. The lowest BCUT2D eigenvalue weighted by atomic mass is 10.1. The van der Waals surface area contributed by atoms with E-state index >= 15 is 0 Å². The van der Waals surface area contributed by atoms with Gasteiger partial charge in [-0.2, -0.15) is 0 Å². The van der Waals surface area contributed by atoms with E-state index in [1.807, 2.05) is 44.2 Å². The Bertz CT molecular complexity index is 589. The number of rotatable bonds is 7. The summed E-state index contributed by atoms with van der Waals surface area (Å²) in [5.74, 6) is 7.17. The Morgan fingerprint density at radius 3 is 2.43 bits per heavy atom. The molecule has 0 saturated carbocycles. The molecule has 4 nitrogen and oxygen atoms in total. The fourth-order valence-electron chi connectivity index (χ4n) is 2.07. The second kappa shape index (κ2) is 7.66. The van der Waals surface area contributed by atoms with Gasteiger partial charge in [-0.05, 0) is 43.7 Å². The van der Waals surface area contributed by atoms with E-state index < -0.39 is 0 Å². The number of hydrogen-bond acceptors (Lipinski definition) is 5. The summed E-state index contributed by atoms with van der Waals surface area (Å²) in [6.07, 6.45) is 0. The zero-order valence-corrected chi connectivity index (χ0v) is 13.6. The van der Waals surface area contributed by atoms with Crippen molar-refractivity contribution in [3.8, 4) is 11.5 Å². The maximum atomic E-state index is 6.00. The van der Waals surface area contributed by atoms with Crippen molar-refractivity contribution in [1.82, 2.24) is 5.43 Å². The molecule has 2 rings (SSSR count). The van der Waals surface area contributed by atoms with Gasteiger partial charge in [0.25, 0.3) is 0 Å². The van der Waals surface area contributed by atoms with Crippen molar-refractivity contribution in [2.24, 2.45) is 5.84 Å². The van der Waals surface area contributed by atoms with Crippen LogP contribution in [-0.2, 0) is 0 Å². The smallest absolute Gasteiger partial charge is 0.161 e. The number of hydrogen-bond donors (Lipinski definition) is 2. The molecule has 1 aromatic heterocycles.